The summed E-state index contributed by atoms with van der Waals surface area (Å²) in [5.41, 5.74) is 0.886. The number of hydrogen-bond donors (Lipinski definition) is 0. The minimum atomic E-state index is -4.46. The molecule has 1 aliphatic heterocycles. The van der Waals surface area contributed by atoms with Crippen molar-refractivity contribution in [2.45, 2.75) is 19.7 Å². The molecule has 0 radical (unpaired) electrons. The lowest BCUT2D eigenvalue weighted by atomic mass is 10.0. The zero-order valence-electron chi connectivity index (χ0n) is 14.7. The van der Waals surface area contributed by atoms with Gasteiger partial charge < -0.3 is 14.2 Å². The first kappa shape index (κ1) is 18.8. The summed E-state index contributed by atoms with van der Waals surface area (Å²) in [4.78, 5) is 10.9. The van der Waals surface area contributed by atoms with Crippen LogP contribution in [0, 0.1) is 6.92 Å². The van der Waals surface area contributed by atoms with Crippen molar-refractivity contribution in [3.8, 4) is 17.2 Å². The fraction of sp³-hybridized carbons (Fsp3) is 0.250. The van der Waals surface area contributed by atoms with Crippen LogP contribution in [0.4, 0.5) is 13.2 Å². The monoisotopic (exact) mass is 378 g/mol. The highest BCUT2D eigenvalue weighted by atomic mass is 19.4. The van der Waals surface area contributed by atoms with E-state index in [1.165, 1.54) is 13.2 Å². The topological polar surface area (TPSA) is 44.8 Å². The lowest BCUT2D eigenvalue weighted by Gasteiger charge is -2.20. The third-order valence-corrected chi connectivity index (χ3v) is 4.14. The van der Waals surface area contributed by atoms with Crippen LogP contribution in [0.3, 0.4) is 0 Å². The Morgan fingerprint density at radius 1 is 1.22 bits per heavy atom. The molecule has 0 saturated carbocycles. The van der Waals surface area contributed by atoms with E-state index in [-0.39, 0.29) is 18.8 Å². The molecular weight excluding hydrogens is 361 g/mol. The van der Waals surface area contributed by atoms with Gasteiger partial charge in [0.1, 0.15) is 36.7 Å². The van der Waals surface area contributed by atoms with Gasteiger partial charge in [-0.25, -0.2) is 0 Å². The van der Waals surface area contributed by atoms with E-state index in [4.69, 9.17) is 14.2 Å². The highest BCUT2D eigenvalue weighted by molar-refractivity contribution is 5.86. The van der Waals surface area contributed by atoms with Crippen LogP contribution >= 0.6 is 0 Å². The van der Waals surface area contributed by atoms with Gasteiger partial charge in [0.05, 0.1) is 18.2 Å². The second kappa shape index (κ2) is 7.34. The van der Waals surface area contributed by atoms with Gasteiger partial charge in [-0.05, 0) is 19.1 Å². The molecule has 1 heterocycles. The number of alkyl halides is 3. The summed E-state index contributed by atoms with van der Waals surface area (Å²) in [5, 5.41) is 0. The van der Waals surface area contributed by atoms with Gasteiger partial charge in [0.15, 0.2) is 0 Å². The van der Waals surface area contributed by atoms with E-state index in [9.17, 15) is 18.0 Å². The smallest absolute Gasteiger partial charge is 0.416 e. The molecule has 0 unspecified atom stereocenters. The van der Waals surface area contributed by atoms with Gasteiger partial charge in [-0.15, -0.1) is 0 Å². The molecule has 1 aliphatic rings. The normalized spacial score (nSPS) is 13.3. The van der Waals surface area contributed by atoms with E-state index in [0.717, 1.165) is 6.07 Å². The van der Waals surface area contributed by atoms with E-state index in [1.807, 2.05) is 0 Å². The van der Waals surface area contributed by atoms with E-state index in [1.54, 1.807) is 31.2 Å². The largest absolute Gasteiger partial charge is 0.496 e. The molecule has 0 spiro atoms. The molecule has 2 aromatic rings. The second-order valence-corrected chi connectivity index (χ2v) is 6.11. The van der Waals surface area contributed by atoms with Crippen molar-refractivity contribution in [2.24, 2.45) is 0 Å². The molecule has 0 N–H and O–H groups in total. The van der Waals surface area contributed by atoms with E-state index in [0.29, 0.717) is 40.2 Å². The minimum Gasteiger partial charge on any atom is -0.496 e. The van der Waals surface area contributed by atoms with E-state index >= 15 is 0 Å². The minimum absolute atomic E-state index is 0.0360. The lowest BCUT2D eigenvalue weighted by molar-refractivity contribution is -0.138. The number of hydrogen-bond acceptors (Lipinski definition) is 4. The number of aryl methyl sites for hydroxylation is 1. The van der Waals surface area contributed by atoms with Crippen molar-refractivity contribution in [2.75, 3.05) is 13.7 Å². The van der Waals surface area contributed by atoms with Crippen LogP contribution in [-0.4, -0.2) is 20.0 Å². The number of fused-ring (bicyclic) bond motifs is 1. The Morgan fingerprint density at radius 3 is 2.67 bits per heavy atom. The number of benzene rings is 2. The molecule has 0 aromatic heterocycles. The number of aldehydes is 1. The van der Waals surface area contributed by atoms with Gasteiger partial charge in [0, 0.05) is 23.3 Å². The highest BCUT2D eigenvalue weighted by Gasteiger charge is 2.33. The molecule has 0 amide bonds. The van der Waals surface area contributed by atoms with Crippen molar-refractivity contribution in [3.05, 3.63) is 58.2 Å². The SMILES string of the molecule is COc1cc(OCc2ccc(C)cc2C(F)(F)F)cc2c1C=C(C=O)CO2. The zero-order valence-corrected chi connectivity index (χ0v) is 14.7. The van der Waals surface area contributed by atoms with E-state index in [2.05, 4.69) is 0 Å². The predicted octanol–water partition coefficient (Wildman–Crippen LogP) is 4.58. The van der Waals surface area contributed by atoms with Crippen LogP contribution in [0.15, 0.2) is 35.9 Å². The van der Waals surface area contributed by atoms with Crippen LogP contribution in [0.5, 0.6) is 17.2 Å². The van der Waals surface area contributed by atoms with Gasteiger partial charge in [0.2, 0.25) is 0 Å². The van der Waals surface area contributed by atoms with Crippen LogP contribution in [0.25, 0.3) is 6.08 Å². The highest BCUT2D eigenvalue weighted by Crippen LogP contribution is 2.39. The van der Waals surface area contributed by atoms with Gasteiger partial charge in [-0.2, -0.15) is 13.2 Å². The van der Waals surface area contributed by atoms with Crippen LogP contribution in [0.1, 0.15) is 22.3 Å². The van der Waals surface area contributed by atoms with Crippen molar-refractivity contribution in [3.63, 3.8) is 0 Å². The molecule has 7 heteroatoms. The Hall–Kier alpha value is -2.96. The summed E-state index contributed by atoms with van der Waals surface area (Å²) >= 11 is 0. The fourth-order valence-electron chi connectivity index (χ4n) is 2.79. The summed E-state index contributed by atoms with van der Waals surface area (Å²) in [6.07, 6.45) is -2.11. The quantitative estimate of drug-likeness (QED) is 0.715. The molecule has 27 heavy (non-hydrogen) atoms. The van der Waals surface area contributed by atoms with Gasteiger partial charge in [-0.3, -0.25) is 4.79 Å². The summed E-state index contributed by atoms with van der Waals surface area (Å²) in [7, 11) is 1.45. The van der Waals surface area contributed by atoms with E-state index < -0.39 is 11.7 Å². The van der Waals surface area contributed by atoms with Gasteiger partial charge in [-0.1, -0.05) is 17.7 Å². The number of methoxy groups -OCH3 is 1. The first-order valence-electron chi connectivity index (χ1n) is 8.12. The maximum atomic E-state index is 13.2. The summed E-state index contributed by atoms with van der Waals surface area (Å²) in [6.45, 7) is 1.46. The number of carbonyl (C=O) groups is 1. The van der Waals surface area contributed by atoms with Crippen LogP contribution in [0.2, 0.25) is 0 Å². The molecule has 4 nitrogen and oxygen atoms in total. The zero-order chi connectivity index (χ0) is 19.6. The molecular formula is C20H17F3O4. The number of carbonyl (C=O) groups excluding carboxylic acids is 1. The first-order valence-corrected chi connectivity index (χ1v) is 8.12. The maximum absolute atomic E-state index is 13.2. The Morgan fingerprint density at radius 2 is 2.00 bits per heavy atom. The predicted molar refractivity (Wildman–Crippen MR) is 93.0 cm³/mol. The third kappa shape index (κ3) is 4.07. The Balaban J connectivity index is 1.88. The second-order valence-electron chi connectivity index (χ2n) is 6.11. The van der Waals surface area contributed by atoms with Crippen molar-refractivity contribution in [1.82, 2.24) is 0 Å². The summed E-state index contributed by atoms with van der Waals surface area (Å²) in [5.74, 6) is 1.15. The average Bonchev–Trinajstić information content (AvgIpc) is 2.65. The summed E-state index contributed by atoms with van der Waals surface area (Å²) < 4.78 is 56.1. The molecule has 0 bridgehead atoms. The number of rotatable bonds is 5. The Kier molecular flexibility index (Phi) is 5.12. The Bertz CT molecular complexity index is 901. The first-order chi connectivity index (χ1) is 12.8. The molecule has 0 atom stereocenters. The molecule has 0 saturated heterocycles. The van der Waals surface area contributed by atoms with Crippen molar-refractivity contribution >= 4 is 12.4 Å². The standard InChI is InChI=1S/C20H17F3O4/c1-12-3-4-14(17(5-12)20(21,22)23)11-26-15-7-18(25-2)16-6-13(9-24)10-27-19(16)8-15/h3-9H,10-11H2,1-2H3. The molecule has 142 valence electrons. The third-order valence-electron chi connectivity index (χ3n) is 4.14. The molecule has 2 aromatic carbocycles. The van der Waals surface area contributed by atoms with Gasteiger partial charge in [0.25, 0.3) is 0 Å². The molecule has 3 rings (SSSR count). The Labute approximate surface area is 154 Å². The lowest BCUT2D eigenvalue weighted by Crippen LogP contribution is -2.12. The molecule has 0 fully saturated rings. The van der Waals surface area contributed by atoms with Crippen molar-refractivity contribution < 1.29 is 32.2 Å². The van der Waals surface area contributed by atoms with Crippen LogP contribution in [-0.2, 0) is 17.6 Å². The fourth-order valence-corrected chi connectivity index (χ4v) is 2.79. The number of ether oxygens (including phenoxy) is 3. The maximum Gasteiger partial charge on any atom is 0.416 e. The van der Waals surface area contributed by atoms with Crippen LogP contribution < -0.4 is 14.2 Å². The average molecular weight is 378 g/mol. The number of halogens is 3. The van der Waals surface area contributed by atoms with Crippen molar-refractivity contribution in [1.29, 1.82) is 0 Å². The summed E-state index contributed by atoms with van der Waals surface area (Å²) in [6, 6.07) is 7.23. The van der Waals surface area contributed by atoms with Gasteiger partial charge >= 0.3 is 6.18 Å². The molecule has 0 aliphatic carbocycles.